The van der Waals surface area contributed by atoms with Crippen molar-refractivity contribution < 1.29 is 4.74 Å². The van der Waals surface area contributed by atoms with Gasteiger partial charge in [-0.3, -0.25) is 4.99 Å². The van der Waals surface area contributed by atoms with Crippen molar-refractivity contribution in [2.24, 2.45) is 10.4 Å². The molecule has 2 atom stereocenters. The first-order chi connectivity index (χ1) is 9.40. The van der Waals surface area contributed by atoms with Crippen molar-refractivity contribution >= 4 is 29.9 Å². The zero-order valence-corrected chi connectivity index (χ0v) is 16.7. The lowest BCUT2D eigenvalue weighted by molar-refractivity contribution is 0.105. The van der Waals surface area contributed by atoms with E-state index in [-0.39, 0.29) is 24.0 Å². The van der Waals surface area contributed by atoms with E-state index in [1.165, 1.54) is 19.3 Å². The summed E-state index contributed by atoms with van der Waals surface area (Å²) >= 11 is 0. The average molecular weight is 411 g/mol. The Morgan fingerprint density at radius 2 is 2.10 bits per heavy atom. The minimum absolute atomic E-state index is 0. The molecule has 1 heterocycles. The van der Waals surface area contributed by atoms with E-state index >= 15 is 0 Å². The maximum absolute atomic E-state index is 5.63. The van der Waals surface area contributed by atoms with E-state index < -0.39 is 0 Å². The van der Waals surface area contributed by atoms with Gasteiger partial charge >= 0.3 is 0 Å². The normalized spacial score (nSPS) is 20.8. The standard InChI is InChI=1S/C16H33N3O.HI/c1-13(8-10-16(2,3)4)19-15(17-5)18-11-9-14-7-6-12-20-14;/h13-14H,6-12H2,1-5H3,(H2,17,18,19);1H. The lowest BCUT2D eigenvalue weighted by atomic mass is 9.89. The molecule has 0 radical (unpaired) electrons. The van der Waals surface area contributed by atoms with E-state index in [2.05, 4.69) is 43.3 Å². The second-order valence-corrected chi connectivity index (χ2v) is 7.07. The van der Waals surface area contributed by atoms with Gasteiger partial charge in [0.1, 0.15) is 0 Å². The van der Waals surface area contributed by atoms with Crippen LogP contribution in [0, 0.1) is 5.41 Å². The number of rotatable bonds is 6. The molecule has 0 saturated carbocycles. The average Bonchev–Trinajstić information content (AvgIpc) is 2.87. The Hall–Kier alpha value is -0.0400. The largest absolute Gasteiger partial charge is 0.378 e. The summed E-state index contributed by atoms with van der Waals surface area (Å²) in [5.41, 5.74) is 0.396. The van der Waals surface area contributed by atoms with Gasteiger partial charge in [-0.05, 0) is 44.4 Å². The molecule has 4 nitrogen and oxygen atoms in total. The molecule has 1 aliphatic heterocycles. The van der Waals surface area contributed by atoms with Crippen molar-refractivity contribution in [3.05, 3.63) is 0 Å². The van der Waals surface area contributed by atoms with E-state index in [4.69, 9.17) is 4.74 Å². The van der Waals surface area contributed by atoms with E-state index in [1.807, 2.05) is 7.05 Å². The highest BCUT2D eigenvalue weighted by Gasteiger charge is 2.16. The Balaban J connectivity index is 0.00000400. The topological polar surface area (TPSA) is 45.7 Å². The number of halogens is 1. The third-order valence-corrected chi connectivity index (χ3v) is 3.72. The molecule has 1 fully saturated rings. The van der Waals surface area contributed by atoms with Gasteiger partial charge in [0.25, 0.3) is 0 Å². The van der Waals surface area contributed by atoms with Crippen molar-refractivity contribution in [2.45, 2.75) is 71.9 Å². The van der Waals surface area contributed by atoms with Crippen LogP contribution in [0.3, 0.4) is 0 Å². The predicted octanol–water partition coefficient (Wildman–Crippen LogP) is 3.55. The first-order valence-corrected chi connectivity index (χ1v) is 7.99. The Morgan fingerprint density at radius 3 is 2.62 bits per heavy atom. The minimum Gasteiger partial charge on any atom is -0.378 e. The van der Waals surface area contributed by atoms with Gasteiger partial charge < -0.3 is 15.4 Å². The number of aliphatic imine (C=N–C) groups is 1. The molecule has 1 rings (SSSR count). The van der Waals surface area contributed by atoms with Gasteiger partial charge in [0.2, 0.25) is 0 Å². The van der Waals surface area contributed by atoms with Crippen LogP contribution in [-0.2, 0) is 4.74 Å². The zero-order valence-electron chi connectivity index (χ0n) is 14.4. The summed E-state index contributed by atoms with van der Waals surface area (Å²) in [6, 6.07) is 0.447. The van der Waals surface area contributed by atoms with Gasteiger partial charge in [-0.2, -0.15) is 0 Å². The molecule has 0 aromatic rings. The Labute approximate surface area is 147 Å². The number of nitrogens with one attached hydrogen (secondary N) is 2. The SMILES string of the molecule is CN=C(NCCC1CCCO1)NC(C)CCC(C)(C)C.I. The first kappa shape index (κ1) is 21.0. The highest BCUT2D eigenvalue weighted by atomic mass is 127. The highest BCUT2D eigenvalue weighted by molar-refractivity contribution is 14.0. The second-order valence-electron chi connectivity index (χ2n) is 7.07. The Kier molecular flexibility index (Phi) is 10.6. The summed E-state index contributed by atoms with van der Waals surface area (Å²) in [4.78, 5) is 4.29. The van der Waals surface area contributed by atoms with Crippen molar-refractivity contribution in [3.63, 3.8) is 0 Å². The molecule has 0 spiro atoms. The van der Waals surface area contributed by atoms with Crippen LogP contribution in [0.25, 0.3) is 0 Å². The quantitative estimate of drug-likeness (QED) is 0.399. The highest BCUT2D eigenvalue weighted by Crippen LogP contribution is 2.21. The van der Waals surface area contributed by atoms with E-state index in [9.17, 15) is 0 Å². The number of hydrogen-bond acceptors (Lipinski definition) is 2. The molecule has 2 N–H and O–H groups in total. The predicted molar refractivity (Wildman–Crippen MR) is 102 cm³/mol. The van der Waals surface area contributed by atoms with Crippen molar-refractivity contribution in [3.8, 4) is 0 Å². The lowest BCUT2D eigenvalue weighted by Gasteiger charge is -2.23. The van der Waals surface area contributed by atoms with Crippen molar-refractivity contribution in [2.75, 3.05) is 20.2 Å². The fraction of sp³-hybridized carbons (Fsp3) is 0.938. The molecule has 21 heavy (non-hydrogen) atoms. The molecule has 2 unspecified atom stereocenters. The summed E-state index contributed by atoms with van der Waals surface area (Å²) in [7, 11) is 1.83. The fourth-order valence-electron chi connectivity index (χ4n) is 2.37. The molecular weight excluding hydrogens is 377 g/mol. The van der Waals surface area contributed by atoms with Crippen LogP contribution in [-0.4, -0.2) is 38.3 Å². The van der Waals surface area contributed by atoms with Crippen LogP contribution in [0.15, 0.2) is 4.99 Å². The molecule has 126 valence electrons. The van der Waals surface area contributed by atoms with E-state index in [1.54, 1.807) is 0 Å². The van der Waals surface area contributed by atoms with Crippen LogP contribution in [0.1, 0.15) is 59.8 Å². The number of hydrogen-bond donors (Lipinski definition) is 2. The van der Waals surface area contributed by atoms with Gasteiger partial charge in [-0.15, -0.1) is 24.0 Å². The maximum atomic E-state index is 5.63. The van der Waals surface area contributed by atoms with Gasteiger partial charge in [0, 0.05) is 26.2 Å². The molecule has 0 aliphatic carbocycles. The third-order valence-electron chi connectivity index (χ3n) is 3.72. The molecule has 1 saturated heterocycles. The lowest BCUT2D eigenvalue weighted by Crippen LogP contribution is -2.43. The summed E-state index contributed by atoms with van der Waals surface area (Å²) in [6.07, 6.45) is 6.30. The van der Waals surface area contributed by atoms with Crippen molar-refractivity contribution in [1.82, 2.24) is 10.6 Å². The molecule has 0 aromatic carbocycles. The molecule has 0 amide bonds. The smallest absolute Gasteiger partial charge is 0.191 e. The van der Waals surface area contributed by atoms with Gasteiger partial charge in [0.05, 0.1) is 6.10 Å². The third kappa shape index (κ3) is 10.3. The maximum Gasteiger partial charge on any atom is 0.191 e. The van der Waals surface area contributed by atoms with Crippen LogP contribution in [0.2, 0.25) is 0 Å². The fourth-order valence-corrected chi connectivity index (χ4v) is 2.37. The number of nitrogens with zero attached hydrogens (tertiary/aromatic N) is 1. The molecular formula is C16H34IN3O. The number of ether oxygens (including phenoxy) is 1. The van der Waals surface area contributed by atoms with Crippen LogP contribution >= 0.6 is 24.0 Å². The first-order valence-electron chi connectivity index (χ1n) is 7.99. The van der Waals surface area contributed by atoms with Gasteiger partial charge in [-0.25, -0.2) is 0 Å². The summed E-state index contributed by atoms with van der Waals surface area (Å²) < 4.78 is 5.63. The van der Waals surface area contributed by atoms with Gasteiger partial charge in [0.15, 0.2) is 5.96 Å². The second kappa shape index (κ2) is 10.6. The Morgan fingerprint density at radius 1 is 1.38 bits per heavy atom. The van der Waals surface area contributed by atoms with Crippen LogP contribution in [0.4, 0.5) is 0 Å². The van der Waals surface area contributed by atoms with E-state index in [0.29, 0.717) is 17.6 Å². The monoisotopic (exact) mass is 411 g/mol. The van der Waals surface area contributed by atoms with E-state index in [0.717, 1.165) is 32.0 Å². The van der Waals surface area contributed by atoms with Crippen molar-refractivity contribution in [1.29, 1.82) is 0 Å². The molecule has 5 heteroatoms. The Bertz CT molecular complexity index is 296. The molecule has 1 aliphatic rings. The van der Waals surface area contributed by atoms with Gasteiger partial charge in [-0.1, -0.05) is 20.8 Å². The van der Waals surface area contributed by atoms with Crippen LogP contribution in [0.5, 0.6) is 0 Å². The summed E-state index contributed by atoms with van der Waals surface area (Å²) in [5.74, 6) is 0.907. The zero-order chi connectivity index (χ0) is 15.0. The summed E-state index contributed by atoms with van der Waals surface area (Å²) in [5, 5.41) is 6.85. The molecule has 0 bridgehead atoms. The minimum atomic E-state index is 0. The molecule has 0 aromatic heterocycles. The number of guanidine groups is 1. The summed E-state index contributed by atoms with van der Waals surface area (Å²) in [6.45, 7) is 10.9. The van der Waals surface area contributed by atoms with Crippen LogP contribution < -0.4 is 10.6 Å².